The van der Waals surface area contributed by atoms with E-state index in [1.807, 2.05) is 24.2 Å². The van der Waals surface area contributed by atoms with Gasteiger partial charge in [0, 0.05) is 42.3 Å². The molecule has 2 amide bonds. The van der Waals surface area contributed by atoms with E-state index in [0.717, 1.165) is 35.9 Å². The molecule has 1 saturated heterocycles. The third kappa shape index (κ3) is 5.15. The maximum absolute atomic E-state index is 12.7. The molecule has 29 heavy (non-hydrogen) atoms. The highest BCUT2D eigenvalue weighted by atomic mass is 16.2. The molecule has 0 aromatic carbocycles. The molecule has 7 nitrogen and oxygen atoms in total. The van der Waals surface area contributed by atoms with Crippen molar-refractivity contribution in [1.29, 1.82) is 0 Å². The van der Waals surface area contributed by atoms with Crippen LogP contribution in [0.1, 0.15) is 39.2 Å². The molecule has 1 aliphatic rings. The predicted octanol–water partition coefficient (Wildman–Crippen LogP) is 2.19. The Hall–Kier alpha value is -2.41. The summed E-state index contributed by atoms with van der Waals surface area (Å²) < 4.78 is 0. The minimum absolute atomic E-state index is 0.0169. The van der Waals surface area contributed by atoms with Gasteiger partial charge in [-0.1, -0.05) is 20.8 Å². The highest BCUT2D eigenvalue weighted by molar-refractivity contribution is 5.88. The van der Waals surface area contributed by atoms with Gasteiger partial charge in [0.05, 0.1) is 24.7 Å². The molecule has 158 valence electrons. The molecular formula is C22H33N5O2. The van der Waals surface area contributed by atoms with E-state index in [2.05, 4.69) is 41.0 Å². The number of aromatic amines is 1. The molecule has 2 N–H and O–H groups in total. The number of H-pyrrole nitrogens is 1. The van der Waals surface area contributed by atoms with Gasteiger partial charge in [-0.2, -0.15) is 0 Å². The summed E-state index contributed by atoms with van der Waals surface area (Å²) in [4.78, 5) is 36.6. The Kier molecular flexibility index (Phi) is 6.57. The Labute approximate surface area is 172 Å². The SMILES string of the molecule is CCCN(C)CC(=O)N1CCC(NC(=O)Cc2c[nH]c3cnccc23)C(C)(C)C1. The summed E-state index contributed by atoms with van der Waals surface area (Å²) in [5, 5.41) is 4.25. The lowest BCUT2D eigenvalue weighted by atomic mass is 9.79. The molecule has 1 atom stereocenters. The van der Waals surface area contributed by atoms with E-state index in [1.165, 1.54) is 0 Å². The maximum Gasteiger partial charge on any atom is 0.236 e. The van der Waals surface area contributed by atoms with E-state index in [-0.39, 0.29) is 23.3 Å². The van der Waals surface area contributed by atoms with E-state index in [0.29, 0.717) is 26.1 Å². The number of fused-ring (bicyclic) bond motifs is 1. The Morgan fingerprint density at radius 1 is 1.41 bits per heavy atom. The van der Waals surface area contributed by atoms with Crippen LogP contribution in [-0.2, 0) is 16.0 Å². The fourth-order valence-electron chi connectivity index (χ4n) is 4.23. The number of rotatable bonds is 7. The largest absolute Gasteiger partial charge is 0.360 e. The Bertz CT molecular complexity index is 860. The molecule has 1 fully saturated rings. The summed E-state index contributed by atoms with van der Waals surface area (Å²) in [6.07, 6.45) is 7.54. The fraction of sp³-hybridized carbons (Fsp3) is 0.591. The van der Waals surface area contributed by atoms with E-state index in [4.69, 9.17) is 0 Å². The molecule has 1 unspecified atom stereocenters. The number of hydrogen-bond acceptors (Lipinski definition) is 4. The number of hydrogen-bond donors (Lipinski definition) is 2. The zero-order chi connectivity index (χ0) is 21.0. The molecule has 3 rings (SSSR count). The average Bonchev–Trinajstić information content (AvgIpc) is 3.06. The third-order valence-electron chi connectivity index (χ3n) is 5.85. The molecule has 2 aromatic heterocycles. The third-order valence-corrected chi connectivity index (χ3v) is 5.85. The van der Waals surface area contributed by atoms with Gasteiger partial charge in [-0.15, -0.1) is 0 Å². The summed E-state index contributed by atoms with van der Waals surface area (Å²) in [5.41, 5.74) is 1.75. The van der Waals surface area contributed by atoms with Gasteiger partial charge < -0.3 is 15.2 Å². The van der Waals surface area contributed by atoms with Crippen molar-refractivity contribution in [2.75, 3.05) is 33.2 Å². The quantitative estimate of drug-likeness (QED) is 0.748. The lowest BCUT2D eigenvalue weighted by molar-refractivity contribution is -0.136. The Morgan fingerprint density at radius 2 is 2.21 bits per heavy atom. The highest BCUT2D eigenvalue weighted by Crippen LogP contribution is 2.29. The summed E-state index contributed by atoms with van der Waals surface area (Å²) in [6, 6.07) is 1.98. The number of nitrogens with one attached hydrogen (secondary N) is 2. The first-order valence-electron chi connectivity index (χ1n) is 10.5. The first kappa shape index (κ1) is 21.3. The Balaban J connectivity index is 1.56. The van der Waals surface area contributed by atoms with Crippen LogP contribution in [0.2, 0.25) is 0 Å². The molecule has 0 saturated carbocycles. The van der Waals surface area contributed by atoms with Crippen LogP contribution in [0.5, 0.6) is 0 Å². The molecule has 7 heteroatoms. The number of likely N-dealkylation sites (N-methyl/N-ethyl adjacent to an activating group) is 1. The van der Waals surface area contributed by atoms with Crippen molar-refractivity contribution in [2.24, 2.45) is 5.41 Å². The van der Waals surface area contributed by atoms with E-state index in [1.54, 1.807) is 12.4 Å². The van der Waals surface area contributed by atoms with Crippen LogP contribution < -0.4 is 5.32 Å². The number of pyridine rings is 1. The van der Waals surface area contributed by atoms with E-state index >= 15 is 0 Å². The number of carbonyl (C=O) groups excluding carboxylic acids is 2. The predicted molar refractivity (Wildman–Crippen MR) is 114 cm³/mol. The van der Waals surface area contributed by atoms with Crippen molar-refractivity contribution < 1.29 is 9.59 Å². The van der Waals surface area contributed by atoms with Crippen molar-refractivity contribution in [1.82, 2.24) is 25.1 Å². The normalized spacial score (nSPS) is 18.9. The van der Waals surface area contributed by atoms with Crippen LogP contribution in [0.4, 0.5) is 0 Å². The van der Waals surface area contributed by atoms with Gasteiger partial charge in [-0.25, -0.2) is 0 Å². The maximum atomic E-state index is 12.7. The van der Waals surface area contributed by atoms with Crippen LogP contribution in [0, 0.1) is 5.41 Å². The summed E-state index contributed by atoms with van der Waals surface area (Å²) in [5.74, 6) is 0.189. The first-order valence-corrected chi connectivity index (χ1v) is 10.5. The van der Waals surface area contributed by atoms with Gasteiger partial charge in [0.2, 0.25) is 11.8 Å². The zero-order valence-corrected chi connectivity index (χ0v) is 18.0. The lowest BCUT2D eigenvalue weighted by Crippen LogP contribution is -2.58. The second-order valence-corrected chi connectivity index (χ2v) is 8.86. The monoisotopic (exact) mass is 399 g/mol. The minimum atomic E-state index is -0.170. The van der Waals surface area contributed by atoms with Crippen LogP contribution in [0.3, 0.4) is 0 Å². The molecular weight excluding hydrogens is 366 g/mol. The van der Waals surface area contributed by atoms with Gasteiger partial charge in [-0.3, -0.25) is 19.5 Å². The summed E-state index contributed by atoms with van der Waals surface area (Å²) in [6.45, 7) is 9.10. The lowest BCUT2D eigenvalue weighted by Gasteiger charge is -2.44. The van der Waals surface area contributed by atoms with Gasteiger partial charge in [-0.05, 0) is 38.1 Å². The second kappa shape index (κ2) is 8.95. The van der Waals surface area contributed by atoms with Crippen molar-refractivity contribution in [3.8, 4) is 0 Å². The topological polar surface area (TPSA) is 81.3 Å². The number of aromatic nitrogens is 2. The second-order valence-electron chi connectivity index (χ2n) is 8.86. The minimum Gasteiger partial charge on any atom is -0.360 e. The number of carbonyl (C=O) groups is 2. The molecule has 0 aliphatic carbocycles. The van der Waals surface area contributed by atoms with Crippen LogP contribution >= 0.6 is 0 Å². The standard InChI is InChI=1S/C22H33N5O2/c1-5-9-26(4)14-21(29)27-10-7-19(22(2,3)15-27)25-20(28)11-16-12-24-18-13-23-8-6-17(16)18/h6,8,12-13,19,24H,5,7,9-11,14-15H2,1-4H3,(H,25,28). The van der Waals surface area contributed by atoms with Crippen molar-refractivity contribution in [3.63, 3.8) is 0 Å². The van der Waals surface area contributed by atoms with Crippen LogP contribution in [-0.4, -0.2) is 70.9 Å². The van der Waals surface area contributed by atoms with Gasteiger partial charge in [0.1, 0.15) is 0 Å². The molecule has 0 radical (unpaired) electrons. The van der Waals surface area contributed by atoms with E-state index in [9.17, 15) is 9.59 Å². The molecule has 0 spiro atoms. The molecule has 2 aromatic rings. The fourth-order valence-corrected chi connectivity index (χ4v) is 4.23. The van der Waals surface area contributed by atoms with Gasteiger partial charge in [0.25, 0.3) is 0 Å². The van der Waals surface area contributed by atoms with Gasteiger partial charge >= 0.3 is 0 Å². The Morgan fingerprint density at radius 3 is 2.93 bits per heavy atom. The van der Waals surface area contributed by atoms with Crippen molar-refractivity contribution >= 4 is 22.7 Å². The zero-order valence-electron chi connectivity index (χ0n) is 18.0. The molecule has 1 aliphatic heterocycles. The number of piperidine rings is 1. The average molecular weight is 400 g/mol. The van der Waals surface area contributed by atoms with Gasteiger partial charge in [0.15, 0.2) is 0 Å². The summed E-state index contributed by atoms with van der Waals surface area (Å²) in [7, 11) is 1.99. The molecule has 0 bridgehead atoms. The van der Waals surface area contributed by atoms with Crippen LogP contribution in [0.25, 0.3) is 10.9 Å². The van der Waals surface area contributed by atoms with E-state index < -0.39 is 0 Å². The van der Waals surface area contributed by atoms with Crippen molar-refractivity contribution in [3.05, 3.63) is 30.2 Å². The smallest absolute Gasteiger partial charge is 0.236 e. The van der Waals surface area contributed by atoms with Crippen molar-refractivity contribution in [2.45, 2.75) is 46.1 Å². The first-order chi connectivity index (χ1) is 13.8. The number of likely N-dealkylation sites (tertiary alicyclic amines) is 1. The highest BCUT2D eigenvalue weighted by Gasteiger charge is 2.38. The summed E-state index contributed by atoms with van der Waals surface area (Å²) >= 11 is 0. The number of nitrogens with zero attached hydrogens (tertiary/aromatic N) is 3. The van der Waals surface area contributed by atoms with Crippen LogP contribution in [0.15, 0.2) is 24.7 Å². The number of amides is 2. The molecule has 3 heterocycles.